The molecule has 1 aromatic rings. The van der Waals surface area contributed by atoms with Crippen molar-refractivity contribution in [1.82, 2.24) is 5.32 Å². The summed E-state index contributed by atoms with van der Waals surface area (Å²) in [5, 5.41) is 12.6. The van der Waals surface area contributed by atoms with Gasteiger partial charge in [-0.3, -0.25) is 0 Å². The second kappa shape index (κ2) is 4.72. The van der Waals surface area contributed by atoms with Crippen LogP contribution in [0.25, 0.3) is 0 Å². The van der Waals surface area contributed by atoms with Gasteiger partial charge in [0.1, 0.15) is 0 Å². The van der Waals surface area contributed by atoms with Crippen LogP contribution in [-0.2, 0) is 6.42 Å². The molecule has 0 spiro atoms. The largest absolute Gasteiger partial charge is 0.493 e. The van der Waals surface area contributed by atoms with Crippen LogP contribution < -0.4 is 14.8 Å². The van der Waals surface area contributed by atoms with Crippen LogP contribution >= 0.6 is 0 Å². The molecular weight excluding hydrogens is 206 g/mol. The number of hydrogen-bond acceptors (Lipinski definition) is 4. The first kappa shape index (κ1) is 11.2. The van der Waals surface area contributed by atoms with Gasteiger partial charge in [-0.15, -0.1) is 0 Å². The number of fused-ring (bicyclic) bond motifs is 1. The van der Waals surface area contributed by atoms with E-state index in [9.17, 15) is 5.11 Å². The average molecular weight is 223 g/mol. The van der Waals surface area contributed by atoms with Gasteiger partial charge in [-0.05, 0) is 36.2 Å². The first-order chi connectivity index (χ1) is 7.80. The first-order valence-electron chi connectivity index (χ1n) is 5.39. The monoisotopic (exact) mass is 223 g/mol. The van der Waals surface area contributed by atoms with Crippen molar-refractivity contribution in [3.8, 4) is 11.5 Å². The zero-order valence-electron chi connectivity index (χ0n) is 9.62. The van der Waals surface area contributed by atoms with E-state index in [1.54, 1.807) is 14.2 Å². The number of methoxy groups -OCH3 is 2. The van der Waals surface area contributed by atoms with Crippen molar-refractivity contribution in [2.24, 2.45) is 0 Å². The van der Waals surface area contributed by atoms with Crippen molar-refractivity contribution in [3.63, 3.8) is 0 Å². The van der Waals surface area contributed by atoms with Crippen LogP contribution in [0.5, 0.6) is 11.5 Å². The molecule has 0 radical (unpaired) electrons. The molecule has 0 aromatic heterocycles. The highest BCUT2D eigenvalue weighted by Gasteiger charge is 2.21. The first-order valence-corrected chi connectivity index (χ1v) is 5.39. The molecule has 1 heterocycles. The zero-order valence-corrected chi connectivity index (χ0v) is 9.62. The molecule has 4 nitrogen and oxygen atoms in total. The molecule has 16 heavy (non-hydrogen) atoms. The molecule has 4 heteroatoms. The van der Waals surface area contributed by atoms with Gasteiger partial charge in [-0.2, -0.15) is 0 Å². The van der Waals surface area contributed by atoms with Gasteiger partial charge in [0.05, 0.1) is 26.9 Å². The van der Waals surface area contributed by atoms with E-state index in [1.165, 1.54) is 5.56 Å². The van der Waals surface area contributed by atoms with Crippen molar-refractivity contribution in [1.29, 1.82) is 0 Å². The van der Waals surface area contributed by atoms with Crippen molar-refractivity contribution in [3.05, 3.63) is 23.3 Å². The summed E-state index contributed by atoms with van der Waals surface area (Å²) in [5.41, 5.74) is 2.32. The van der Waals surface area contributed by atoms with E-state index in [0.717, 1.165) is 24.3 Å². The summed E-state index contributed by atoms with van der Waals surface area (Å²) in [7, 11) is 3.25. The summed E-state index contributed by atoms with van der Waals surface area (Å²) in [6.07, 6.45) is 0.951. The van der Waals surface area contributed by atoms with E-state index in [2.05, 4.69) is 5.32 Å². The van der Waals surface area contributed by atoms with Crippen LogP contribution in [0.15, 0.2) is 12.1 Å². The molecule has 0 aliphatic carbocycles. The molecule has 1 aromatic carbocycles. The summed E-state index contributed by atoms with van der Waals surface area (Å²) in [6, 6.07) is 3.95. The molecule has 2 rings (SSSR count). The summed E-state index contributed by atoms with van der Waals surface area (Å²) in [4.78, 5) is 0. The number of aliphatic hydroxyl groups is 1. The molecule has 1 unspecified atom stereocenters. The summed E-state index contributed by atoms with van der Waals surface area (Å²) in [5.74, 6) is 1.46. The van der Waals surface area contributed by atoms with Gasteiger partial charge in [0, 0.05) is 0 Å². The highest BCUT2D eigenvalue weighted by atomic mass is 16.5. The Labute approximate surface area is 95.2 Å². The fourth-order valence-corrected chi connectivity index (χ4v) is 2.13. The molecule has 0 amide bonds. The highest BCUT2D eigenvalue weighted by molar-refractivity contribution is 5.49. The Balaban J connectivity index is 2.46. The molecule has 1 aliphatic heterocycles. The molecule has 2 N–H and O–H groups in total. The molecule has 1 aliphatic rings. The Kier molecular flexibility index (Phi) is 3.31. The lowest BCUT2D eigenvalue weighted by Crippen LogP contribution is -2.32. The maximum Gasteiger partial charge on any atom is 0.161 e. The van der Waals surface area contributed by atoms with Gasteiger partial charge in [0.15, 0.2) is 11.5 Å². The summed E-state index contributed by atoms with van der Waals surface area (Å²) < 4.78 is 10.5. The van der Waals surface area contributed by atoms with Crippen LogP contribution in [0.1, 0.15) is 17.2 Å². The topological polar surface area (TPSA) is 50.7 Å². The van der Waals surface area contributed by atoms with Gasteiger partial charge in [0.2, 0.25) is 0 Å². The van der Waals surface area contributed by atoms with Crippen LogP contribution in [0.4, 0.5) is 0 Å². The Morgan fingerprint density at radius 2 is 2.00 bits per heavy atom. The summed E-state index contributed by atoms with van der Waals surface area (Å²) in [6.45, 7) is 0.982. The van der Waals surface area contributed by atoms with E-state index in [0.29, 0.717) is 5.75 Å². The Hall–Kier alpha value is -1.26. The molecule has 0 fully saturated rings. The van der Waals surface area contributed by atoms with Crippen LogP contribution in [0, 0.1) is 0 Å². The predicted octanol–water partition coefficient (Wildman–Crippen LogP) is 0.883. The minimum absolute atomic E-state index is 0.00329. The lowest BCUT2D eigenvalue weighted by molar-refractivity contribution is 0.239. The number of hydrogen-bond donors (Lipinski definition) is 2. The lowest BCUT2D eigenvalue weighted by atomic mass is 9.94. The maximum absolute atomic E-state index is 9.29. The van der Waals surface area contributed by atoms with Crippen molar-refractivity contribution < 1.29 is 14.6 Å². The highest BCUT2D eigenvalue weighted by Crippen LogP contribution is 2.34. The minimum atomic E-state index is 0.00329. The maximum atomic E-state index is 9.29. The second-order valence-electron chi connectivity index (χ2n) is 3.85. The molecule has 88 valence electrons. The SMILES string of the molecule is COc1cc2c(cc1OC)C(CO)NCC2. The number of ether oxygens (including phenoxy) is 2. The fraction of sp³-hybridized carbons (Fsp3) is 0.500. The van der Waals surface area contributed by atoms with E-state index in [-0.39, 0.29) is 12.6 Å². The third kappa shape index (κ3) is 1.86. The standard InChI is InChI=1S/C12H17NO3/c1-15-11-5-8-3-4-13-10(7-14)9(8)6-12(11)16-2/h5-6,10,13-14H,3-4,7H2,1-2H3. The predicted molar refractivity (Wildman–Crippen MR) is 61.1 cm³/mol. The Bertz CT molecular complexity index is 379. The quantitative estimate of drug-likeness (QED) is 0.798. The van der Waals surface area contributed by atoms with Gasteiger partial charge in [-0.25, -0.2) is 0 Å². The number of benzene rings is 1. The third-order valence-corrected chi connectivity index (χ3v) is 2.99. The van der Waals surface area contributed by atoms with Gasteiger partial charge in [-0.1, -0.05) is 0 Å². The molecular formula is C12H17NO3. The molecule has 0 saturated carbocycles. The second-order valence-corrected chi connectivity index (χ2v) is 3.85. The lowest BCUT2D eigenvalue weighted by Gasteiger charge is -2.26. The van der Waals surface area contributed by atoms with E-state index < -0.39 is 0 Å². The molecule has 0 saturated heterocycles. The zero-order chi connectivity index (χ0) is 11.5. The van der Waals surface area contributed by atoms with Gasteiger partial charge < -0.3 is 19.9 Å². The van der Waals surface area contributed by atoms with Crippen LogP contribution in [0.3, 0.4) is 0 Å². The van der Waals surface area contributed by atoms with Crippen LogP contribution in [-0.4, -0.2) is 32.5 Å². The third-order valence-electron chi connectivity index (χ3n) is 2.99. The van der Waals surface area contributed by atoms with Crippen molar-refractivity contribution in [2.45, 2.75) is 12.5 Å². The summed E-state index contributed by atoms with van der Waals surface area (Å²) >= 11 is 0. The van der Waals surface area contributed by atoms with E-state index in [4.69, 9.17) is 9.47 Å². The molecule has 1 atom stereocenters. The van der Waals surface area contributed by atoms with E-state index in [1.807, 2.05) is 12.1 Å². The average Bonchev–Trinajstić information content (AvgIpc) is 2.36. The Morgan fingerprint density at radius 3 is 2.62 bits per heavy atom. The minimum Gasteiger partial charge on any atom is -0.493 e. The Morgan fingerprint density at radius 1 is 1.31 bits per heavy atom. The fourth-order valence-electron chi connectivity index (χ4n) is 2.13. The smallest absolute Gasteiger partial charge is 0.161 e. The normalized spacial score (nSPS) is 19.1. The van der Waals surface area contributed by atoms with Gasteiger partial charge >= 0.3 is 0 Å². The van der Waals surface area contributed by atoms with Crippen molar-refractivity contribution in [2.75, 3.05) is 27.4 Å². The van der Waals surface area contributed by atoms with Crippen LogP contribution in [0.2, 0.25) is 0 Å². The molecule has 0 bridgehead atoms. The number of nitrogens with one attached hydrogen (secondary N) is 1. The number of aliphatic hydroxyl groups excluding tert-OH is 1. The van der Waals surface area contributed by atoms with E-state index >= 15 is 0 Å². The van der Waals surface area contributed by atoms with Crippen molar-refractivity contribution >= 4 is 0 Å². The van der Waals surface area contributed by atoms with Gasteiger partial charge in [0.25, 0.3) is 0 Å². The number of rotatable bonds is 3.